The van der Waals surface area contributed by atoms with Crippen molar-refractivity contribution in [1.82, 2.24) is 9.78 Å². The molecule has 1 aromatic rings. The third kappa shape index (κ3) is 1.56. The quantitative estimate of drug-likeness (QED) is 0.579. The fourth-order valence-corrected chi connectivity index (χ4v) is 1.07. The Hall–Kier alpha value is -1.92. The average molecular weight is 199 g/mol. The van der Waals surface area contributed by atoms with E-state index < -0.39 is 16.7 Å². The number of rotatable bonds is 3. The number of aromatic nitrogens is 2. The Kier molecular flexibility index (Phi) is 2.50. The van der Waals surface area contributed by atoms with Crippen molar-refractivity contribution in [3.8, 4) is 0 Å². The first-order valence-electron chi connectivity index (χ1n) is 3.90. The second-order valence-corrected chi connectivity index (χ2v) is 2.98. The average Bonchev–Trinajstić information content (AvgIpc) is 2.46. The molecule has 0 amide bonds. The van der Waals surface area contributed by atoms with E-state index in [2.05, 4.69) is 5.10 Å². The number of aromatic carboxylic acids is 1. The molecule has 0 aromatic carbocycles. The predicted molar refractivity (Wildman–Crippen MR) is 46.2 cm³/mol. The zero-order valence-corrected chi connectivity index (χ0v) is 7.67. The molecule has 0 atom stereocenters. The van der Waals surface area contributed by atoms with Crippen LogP contribution in [-0.4, -0.2) is 25.8 Å². The van der Waals surface area contributed by atoms with Crippen LogP contribution in [0.25, 0.3) is 0 Å². The van der Waals surface area contributed by atoms with Crippen LogP contribution in [0.2, 0.25) is 0 Å². The van der Waals surface area contributed by atoms with Crippen LogP contribution in [0.5, 0.6) is 0 Å². The molecular formula is C7H9N3O4. The Balaban J connectivity index is 3.35. The van der Waals surface area contributed by atoms with Crippen LogP contribution in [0.3, 0.4) is 0 Å². The molecule has 0 spiro atoms. The molecule has 1 rings (SSSR count). The van der Waals surface area contributed by atoms with Crippen molar-refractivity contribution in [3.63, 3.8) is 0 Å². The second kappa shape index (κ2) is 3.44. The SMILES string of the molecule is CC(C)n1ncc(C(=O)O)c1[N+](=O)[O-]. The third-order valence-corrected chi connectivity index (χ3v) is 1.66. The minimum absolute atomic E-state index is 0.247. The summed E-state index contributed by atoms with van der Waals surface area (Å²) in [5, 5.41) is 22.9. The maximum absolute atomic E-state index is 10.6. The van der Waals surface area contributed by atoms with E-state index in [4.69, 9.17) is 5.11 Å². The smallest absolute Gasteiger partial charge is 0.359 e. The van der Waals surface area contributed by atoms with E-state index in [1.54, 1.807) is 13.8 Å². The number of carboxylic acids is 1. The minimum Gasteiger partial charge on any atom is -0.477 e. The van der Waals surface area contributed by atoms with Crippen molar-refractivity contribution in [2.45, 2.75) is 19.9 Å². The molecule has 76 valence electrons. The summed E-state index contributed by atoms with van der Waals surface area (Å²) in [7, 11) is 0. The lowest BCUT2D eigenvalue weighted by atomic mass is 10.3. The van der Waals surface area contributed by atoms with E-state index >= 15 is 0 Å². The summed E-state index contributed by atoms with van der Waals surface area (Å²) in [6.45, 7) is 3.37. The molecule has 1 heterocycles. The Labute approximate surface area is 79.1 Å². The first-order chi connectivity index (χ1) is 6.45. The van der Waals surface area contributed by atoms with Gasteiger partial charge in [0.1, 0.15) is 6.04 Å². The summed E-state index contributed by atoms with van der Waals surface area (Å²) in [5.41, 5.74) is -0.385. The van der Waals surface area contributed by atoms with Crippen LogP contribution in [0.1, 0.15) is 30.2 Å². The molecule has 1 aromatic heterocycles. The summed E-state index contributed by atoms with van der Waals surface area (Å²) in [6, 6.07) is -0.247. The number of hydrogen-bond acceptors (Lipinski definition) is 4. The topological polar surface area (TPSA) is 98.3 Å². The number of carbonyl (C=O) groups is 1. The predicted octanol–water partition coefficient (Wildman–Crippen LogP) is 1.07. The molecule has 1 N–H and O–H groups in total. The highest BCUT2D eigenvalue weighted by Crippen LogP contribution is 2.21. The van der Waals surface area contributed by atoms with E-state index in [0.717, 1.165) is 10.9 Å². The van der Waals surface area contributed by atoms with Gasteiger partial charge in [0.05, 0.1) is 6.20 Å². The van der Waals surface area contributed by atoms with Crippen molar-refractivity contribution in [2.24, 2.45) is 0 Å². The van der Waals surface area contributed by atoms with E-state index in [1.165, 1.54) is 0 Å². The van der Waals surface area contributed by atoms with Gasteiger partial charge in [-0.1, -0.05) is 5.10 Å². The van der Waals surface area contributed by atoms with Crippen LogP contribution < -0.4 is 0 Å². The lowest BCUT2D eigenvalue weighted by Gasteiger charge is -2.02. The van der Waals surface area contributed by atoms with Crippen molar-refractivity contribution >= 4 is 11.8 Å². The molecule has 0 saturated carbocycles. The first kappa shape index (κ1) is 10.2. The maximum Gasteiger partial charge on any atom is 0.359 e. The molecule has 0 fully saturated rings. The molecule has 0 saturated heterocycles. The molecule has 0 radical (unpaired) electrons. The number of nitrogens with zero attached hydrogens (tertiary/aromatic N) is 3. The first-order valence-corrected chi connectivity index (χ1v) is 3.90. The van der Waals surface area contributed by atoms with Gasteiger partial charge in [0, 0.05) is 0 Å². The maximum atomic E-state index is 10.6. The van der Waals surface area contributed by atoms with Gasteiger partial charge < -0.3 is 15.2 Å². The molecule has 7 heteroatoms. The van der Waals surface area contributed by atoms with Gasteiger partial charge in [-0.15, -0.1) is 4.68 Å². The molecule has 0 bridgehead atoms. The molecule has 0 aliphatic carbocycles. The zero-order valence-electron chi connectivity index (χ0n) is 7.67. The summed E-state index contributed by atoms with van der Waals surface area (Å²) in [4.78, 5) is 20.5. The standard InChI is InChI=1S/C7H9N3O4/c1-4(2)9-6(10(13)14)5(3-8-9)7(11)12/h3-4H,1-2H3,(H,11,12). The summed E-state index contributed by atoms with van der Waals surface area (Å²) in [6.07, 6.45) is 0.987. The van der Waals surface area contributed by atoms with Crippen LogP contribution >= 0.6 is 0 Å². The van der Waals surface area contributed by atoms with Crippen LogP contribution in [0.4, 0.5) is 5.82 Å². The van der Waals surface area contributed by atoms with E-state index in [9.17, 15) is 14.9 Å². The molecule has 0 aliphatic rings. The van der Waals surface area contributed by atoms with Gasteiger partial charge in [0.25, 0.3) is 0 Å². The van der Waals surface area contributed by atoms with E-state index in [0.29, 0.717) is 0 Å². The van der Waals surface area contributed by atoms with Crippen LogP contribution in [0.15, 0.2) is 6.20 Å². The Morgan fingerprint density at radius 2 is 2.29 bits per heavy atom. The Morgan fingerprint density at radius 3 is 2.64 bits per heavy atom. The number of carboxylic acid groups (broad SMARTS) is 1. The third-order valence-electron chi connectivity index (χ3n) is 1.66. The number of hydrogen-bond donors (Lipinski definition) is 1. The number of nitro groups is 1. The fourth-order valence-electron chi connectivity index (χ4n) is 1.07. The zero-order chi connectivity index (χ0) is 10.9. The van der Waals surface area contributed by atoms with Gasteiger partial charge >= 0.3 is 11.8 Å². The summed E-state index contributed by atoms with van der Waals surface area (Å²) >= 11 is 0. The van der Waals surface area contributed by atoms with Gasteiger partial charge in [-0.05, 0) is 18.8 Å². The highest BCUT2D eigenvalue weighted by atomic mass is 16.6. The Morgan fingerprint density at radius 1 is 1.71 bits per heavy atom. The monoisotopic (exact) mass is 199 g/mol. The van der Waals surface area contributed by atoms with Crippen molar-refractivity contribution in [2.75, 3.05) is 0 Å². The van der Waals surface area contributed by atoms with Gasteiger partial charge in [0.2, 0.25) is 0 Å². The highest BCUT2D eigenvalue weighted by Gasteiger charge is 2.27. The second-order valence-electron chi connectivity index (χ2n) is 2.98. The van der Waals surface area contributed by atoms with Crippen molar-refractivity contribution < 1.29 is 14.8 Å². The van der Waals surface area contributed by atoms with Gasteiger partial charge in [-0.3, -0.25) is 0 Å². The van der Waals surface area contributed by atoms with Crippen LogP contribution in [0, 0.1) is 10.1 Å². The van der Waals surface area contributed by atoms with Crippen molar-refractivity contribution in [1.29, 1.82) is 0 Å². The fraction of sp³-hybridized carbons (Fsp3) is 0.429. The van der Waals surface area contributed by atoms with E-state index in [1.807, 2.05) is 0 Å². The molecular weight excluding hydrogens is 190 g/mol. The normalized spacial score (nSPS) is 10.5. The lowest BCUT2D eigenvalue weighted by Crippen LogP contribution is -2.09. The Bertz CT molecular complexity index is 382. The molecule has 0 aliphatic heterocycles. The summed E-state index contributed by atoms with van der Waals surface area (Å²) < 4.78 is 1.07. The lowest BCUT2D eigenvalue weighted by molar-refractivity contribution is -0.393. The molecule has 7 nitrogen and oxygen atoms in total. The largest absolute Gasteiger partial charge is 0.477 e. The molecule has 0 unspecified atom stereocenters. The van der Waals surface area contributed by atoms with Crippen molar-refractivity contribution in [3.05, 3.63) is 21.9 Å². The minimum atomic E-state index is -1.34. The highest BCUT2D eigenvalue weighted by molar-refractivity contribution is 5.91. The summed E-state index contributed by atoms with van der Waals surface area (Å²) in [5.74, 6) is -1.82. The van der Waals surface area contributed by atoms with Gasteiger partial charge in [0.15, 0.2) is 5.56 Å². The van der Waals surface area contributed by atoms with E-state index in [-0.39, 0.29) is 11.6 Å². The molecule has 14 heavy (non-hydrogen) atoms. The van der Waals surface area contributed by atoms with Gasteiger partial charge in [-0.2, -0.15) is 0 Å². The van der Waals surface area contributed by atoms with Crippen LogP contribution in [-0.2, 0) is 0 Å². The van der Waals surface area contributed by atoms with Gasteiger partial charge in [-0.25, -0.2) is 4.79 Å².